The lowest BCUT2D eigenvalue weighted by molar-refractivity contribution is 0.0971. The van der Waals surface area contributed by atoms with Gasteiger partial charge in [-0.1, -0.05) is 30.3 Å². The molecule has 1 aromatic carbocycles. The van der Waals surface area contributed by atoms with Crippen LogP contribution < -0.4 is 0 Å². The number of fused-ring (bicyclic) bond motifs is 1. The molecule has 0 atom stereocenters. The Labute approximate surface area is 113 Å². The number of benzene rings is 1. The predicted octanol–water partition coefficient (Wildman–Crippen LogP) is 3.39. The number of aryl methyl sites for hydroxylation is 3. The van der Waals surface area contributed by atoms with E-state index < -0.39 is 0 Å². The van der Waals surface area contributed by atoms with Crippen molar-refractivity contribution in [3.8, 4) is 0 Å². The molecule has 0 saturated carbocycles. The van der Waals surface area contributed by atoms with E-state index in [4.69, 9.17) is 0 Å². The van der Waals surface area contributed by atoms with Crippen molar-refractivity contribution >= 4 is 5.78 Å². The van der Waals surface area contributed by atoms with E-state index in [1.807, 2.05) is 18.2 Å². The highest BCUT2D eigenvalue weighted by Gasteiger charge is 2.18. The van der Waals surface area contributed by atoms with Crippen LogP contribution in [0.4, 0.5) is 0 Å². The van der Waals surface area contributed by atoms with E-state index >= 15 is 0 Å². The van der Waals surface area contributed by atoms with Gasteiger partial charge in [-0.3, -0.25) is 9.78 Å². The SMILES string of the molecule is O=C1CCCc2nc(CCc3ccccc3)ccc21. The Hall–Kier alpha value is -1.96. The van der Waals surface area contributed by atoms with Crippen molar-refractivity contribution in [1.29, 1.82) is 0 Å². The van der Waals surface area contributed by atoms with Gasteiger partial charge in [0.2, 0.25) is 0 Å². The van der Waals surface area contributed by atoms with Gasteiger partial charge in [-0.05, 0) is 43.4 Å². The molecule has 0 fully saturated rings. The van der Waals surface area contributed by atoms with Gasteiger partial charge in [0.1, 0.15) is 0 Å². The number of hydrogen-bond acceptors (Lipinski definition) is 2. The normalized spacial score (nSPS) is 14.2. The van der Waals surface area contributed by atoms with Crippen LogP contribution in [0.3, 0.4) is 0 Å². The number of pyridine rings is 1. The van der Waals surface area contributed by atoms with Gasteiger partial charge in [0, 0.05) is 17.7 Å². The molecule has 0 aliphatic heterocycles. The zero-order valence-electron chi connectivity index (χ0n) is 10.9. The third-order valence-electron chi connectivity index (χ3n) is 3.66. The van der Waals surface area contributed by atoms with E-state index in [9.17, 15) is 4.79 Å². The second-order valence-electron chi connectivity index (χ2n) is 5.06. The van der Waals surface area contributed by atoms with E-state index in [1.165, 1.54) is 5.56 Å². The molecule has 1 heterocycles. The summed E-state index contributed by atoms with van der Waals surface area (Å²) in [4.78, 5) is 16.4. The molecule has 3 rings (SSSR count). The number of Topliss-reactive ketones (excluding diaryl/α,β-unsaturated/α-hetero) is 1. The molecule has 19 heavy (non-hydrogen) atoms. The smallest absolute Gasteiger partial charge is 0.164 e. The highest BCUT2D eigenvalue weighted by atomic mass is 16.1. The van der Waals surface area contributed by atoms with Crippen LogP contribution in [0, 0.1) is 0 Å². The number of nitrogens with zero attached hydrogens (tertiary/aromatic N) is 1. The summed E-state index contributed by atoms with van der Waals surface area (Å²) in [5.41, 5.74) is 4.27. The maximum absolute atomic E-state index is 11.7. The van der Waals surface area contributed by atoms with Gasteiger partial charge in [0.25, 0.3) is 0 Å². The highest BCUT2D eigenvalue weighted by molar-refractivity contribution is 5.97. The highest BCUT2D eigenvalue weighted by Crippen LogP contribution is 2.20. The fourth-order valence-corrected chi connectivity index (χ4v) is 2.60. The number of carbonyl (C=O) groups is 1. The van der Waals surface area contributed by atoms with Gasteiger partial charge in [0.05, 0.1) is 5.69 Å². The molecule has 0 N–H and O–H groups in total. The van der Waals surface area contributed by atoms with Crippen LogP contribution in [-0.4, -0.2) is 10.8 Å². The Morgan fingerprint density at radius 1 is 0.947 bits per heavy atom. The molecular formula is C17H17NO. The molecule has 2 aromatic rings. The first kappa shape index (κ1) is 12.1. The zero-order valence-corrected chi connectivity index (χ0v) is 10.9. The van der Waals surface area contributed by atoms with Gasteiger partial charge >= 0.3 is 0 Å². The second-order valence-corrected chi connectivity index (χ2v) is 5.06. The minimum Gasteiger partial charge on any atom is -0.294 e. The van der Waals surface area contributed by atoms with E-state index in [1.54, 1.807) is 0 Å². The lowest BCUT2D eigenvalue weighted by Crippen LogP contribution is -2.13. The van der Waals surface area contributed by atoms with Crippen LogP contribution in [0.5, 0.6) is 0 Å². The van der Waals surface area contributed by atoms with Gasteiger partial charge < -0.3 is 0 Å². The zero-order chi connectivity index (χ0) is 13.1. The lowest BCUT2D eigenvalue weighted by atomic mass is 9.94. The molecule has 0 radical (unpaired) electrons. The number of hydrogen-bond donors (Lipinski definition) is 0. The summed E-state index contributed by atoms with van der Waals surface area (Å²) >= 11 is 0. The average molecular weight is 251 g/mol. The van der Waals surface area contributed by atoms with Crippen LogP contribution in [0.25, 0.3) is 0 Å². The summed E-state index contributed by atoms with van der Waals surface area (Å²) in [5, 5.41) is 0. The molecule has 0 amide bonds. The van der Waals surface area contributed by atoms with Crippen molar-refractivity contribution in [1.82, 2.24) is 4.98 Å². The number of ketones is 1. The standard InChI is InChI=1S/C17H17NO/c19-17-8-4-7-16-15(17)12-11-14(18-16)10-9-13-5-2-1-3-6-13/h1-3,5-6,11-12H,4,7-10H2. The second kappa shape index (κ2) is 5.35. The summed E-state index contributed by atoms with van der Waals surface area (Å²) in [6.07, 6.45) is 4.51. The summed E-state index contributed by atoms with van der Waals surface area (Å²) in [5.74, 6) is 0.253. The molecule has 0 unspecified atom stereocenters. The summed E-state index contributed by atoms with van der Waals surface area (Å²) in [6, 6.07) is 14.4. The molecular weight excluding hydrogens is 234 g/mol. The molecule has 1 aliphatic carbocycles. The van der Waals surface area contributed by atoms with Crippen molar-refractivity contribution in [2.75, 3.05) is 0 Å². The van der Waals surface area contributed by atoms with Crippen molar-refractivity contribution < 1.29 is 4.79 Å². The molecule has 1 aromatic heterocycles. The van der Waals surface area contributed by atoms with E-state index in [2.05, 4.69) is 29.2 Å². The van der Waals surface area contributed by atoms with Crippen molar-refractivity contribution in [2.24, 2.45) is 0 Å². The monoisotopic (exact) mass is 251 g/mol. The van der Waals surface area contributed by atoms with Crippen LogP contribution in [-0.2, 0) is 19.3 Å². The van der Waals surface area contributed by atoms with E-state index in [-0.39, 0.29) is 5.78 Å². The fourth-order valence-electron chi connectivity index (χ4n) is 2.60. The molecule has 0 saturated heterocycles. The third kappa shape index (κ3) is 2.73. The maximum Gasteiger partial charge on any atom is 0.164 e. The summed E-state index contributed by atoms with van der Waals surface area (Å²) < 4.78 is 0. The molecule has 96 valence electrons. The number of carbonyl (C=O) groups excluding carboxylic acids is 1. The van der Waals surface area contributed by atoms with Crippen molar-refractivity contribution in [3.63, 3.8) is 0 Å². The topological polar surface area (TPSA) is 30.0 Å². The largest absolute Gasteiger partial charge is 0.294 e. The number of aromatic nitrogens is 1. The minimum absolute atomic E-state index is 0.253. The summed E-state index contributed by atoms with van der Waals surface area (Å²) in [6.45, 7) is 0. The van der Waals surface area contributed by atoms with E-state index in [0.29, 0.717) is 6.42 Å². The predicted molar refractivity (Wildman–Crippen MR) is 75.4 cm³/mol. The first-order valence-corrected chi connectivity index (χ1v) is 6.89. The fraction of sp³-hybridized carbons (Fsp3) is 0.294. The molecule has 0 bridgehead atoms. The van der Waals surface area contributed by atoms with Gasteiger partial charge in [0.15, 0.2) is 5.78 Å². The molecule has 1 aliphatic rings. The van der Waals surface area contributed by atoms with Crippen LogP contribution in [0.15, 0.2) is 42.5 Å². The molecule has 2 heteroatoms. The van der Waals surface area contributed by atoms with Crippen molar-refractivity contribution in [3.05, 3.63) is 65.0 Å². The Morgan fingerprint density at radius 3 is 2.63 bits per heavy atom. The quantitative estimate of drug-likeness (QED) is 0.837. The Kier molecular flexibility index (Phi) is 3.41. The lowest BCUT2D eigenvalue weighted by Gasteiger charge is -2.14. The van der Waals surface area contributed by atoms with Gasteiger partial charge in [-0.25, -0.2) is 0 Å². The van der Waals surface area contributed by atoms with Crippen LogP contribution in [0.2, 0.25) is 0 Å². The first-order chi connectivity index (χ1) is 9.33. The molecule has 0 spiro atoms. The third-order valence-corrected chi connectivity index (χ3v) is 3.66. The Balaban J connectivity index is 1.74. The average Bonchev–Trinajstić information content (AvgIpc) is 2.46. The van der Waals surface area contributed by atoms with Gasteiger partial charge in [-0.2, -0.15) is 0 Å². The maximum atomic E-state index is 11.7. The minimum atomic E-state index is 0.253. The van der Waals surface area contributed by atoms with Crippen LogP contribution >= 0.6 is 0 Å². The van der Waals surface area contributed by atoms with E-state index in [0.717, 1.165) is 42.6 Å². The first-order valence-electron chi connectivity index (χ1n) is 6.89. The summed E-state index contributed by atoms with van der Waals surface area (Å²) in [7, 11) is 0. The Morgan fingerprint density at radius 2 is 1.79 bits per heavy atom. The number of rotatable bonds is 3. The van der Waals surface area contributed by atoms with Gasteiger partial charge in [-0.15, -0.1) is 0 Å². The Bertz CT molecular complexity index is 589. The molecule has 2 nitrogen and oxygen atoms in total. The van der Waals surface area contributed by atoms with Crippen molar-refractivity contribution in [2.45, 2.75) is 32.1 Å². The van der Waals surface area contributed by atoms with Crippen LogP contribution in [0.1, 0.15) is 40.2 Å².